The zero-order valence-corrected chi connectivity index (χ0v) is 10.8. The van der Waals surface area contributed by atoms with E-state index in [1.54, 1.807) is 0 Å². The number of rotatable bonds is 2. The highest BCUT2D eigenvalue weighted by Gasteiger charge is 2.57. The molecule has 0 radical (unpaired) electrons. The summed E-state index contributed by atoms with van der Waals surface area (Å²) in [6.45, 7) is -0.473. The van der Waals surface area contributed by atoms with Crippen molar-refractivity contribution in [1.29, 1.82) is 0 Å². The molecule has 1 aromatic heterocycles. The van der Waals surface area contributed by atoms with E-state index in [1.807, 2.05) is 4.98 Å². The standard InChI is InChI=1S/C9H11N2O8P/c12-3-4-6-7(19-20(15,16)18-6)8(17-4)11-2-1-5(13)10-9(11)14/h1-2,4,6-8,12H,3H2,(H,15,16)(H,10,13,14)/t4-,6-,7-,8-/m1/s1. The van der Waals surface area contributed by atoms with Gasteiger partial charge in [-0.2, -0.15) is 0 Å². The molecule has 3 rings (SSSR count). The van der Waals surface area contributed by atoms with Gasteiger partial charge in [-0.05, 0) is 0 Å². The first kappa shape index (κ1) is 13.7. The average molecular weight is 306 g/mol. The van der Waals surface area contributed by atoms with E-state index >= 15 is 0 Å². The van der Waals surface area contributed by atoms with Gasteiger partial charge in [0.25, 0.3) is 5.56 Å². The van der Waals surface area contributed by atoms with E-state index in [4.69, 9.17) is 13.8 Å². The molecule has 0 aromatic carbocycles. The normalized spacial score (nSPS) is 39.9. The van der Waals surface area contributed by atoms with Crippen molar-refractivity contribution in [2.24, 2.45) is 0 Å². The molecule has 2 fully saturated rings. The highest BCUT2D eigenvalue weighted by molar-refractivity contribution is 7.47. The van der Waals surface area contributed by atoms with Gasteiger partial charge in [0.15, 0.2) is 6.23 Å². The largest absolute Gasteiger partial charge is 0.473 e. The molecule has 2 aliphatic rings. The zero-order valence-electron chi connectivity index (χ0n) is 9.91. The van der Waals surface area contributed by atoms with Gasteiger partial charge in [-0.25, -0.2) is 9.36 Å². The first-order chi connectivity index (χ1) is 9.41. The number of fused-ring (bicyclic) bond motifs is 1. The van der Waals surface area contributed by atoms with Crippen molar-refractivity contribution in [3.8, 4) is 0 Å². The molecular weight excluding hydrogens is 295 g/mol. The Balaban J connectivity index is 2.00. The van der Waals surface area contributed by atoms with Crippen molar-refractivity contribution in [1.82, 2.24) is 9.55 Å². The quantitative estimate of drug-likeness (QED) is 0.550. The van der Waals surface area contributed by atoms with Gasteiger partial charge in [0.05, 0.1) is 6.61 Å². The second-order valence-electron chi connectivity index (χ2n) is 4.37. The lowest BCUT2D eigenvalue weighted by atomic mass is 10.1. The minimum absolute atomic E-state index is 0.473. The molecule has 3 N–H and O–H groups in total. The van der Waals surface area contributed by atoms with Crippen molar-refractivity contribution in [3.05, 3.63) is 33.1 Å². The van der Waals surface area contributed by atoms with E-state index in [-0.39, 0.29) is 0 Å². The number of phosphoric acid groups is 1. The number of aliphatic hydroxyl groups is 1. The number of aliphatic hydroxyl groups excluding tert-OH is 1. The van der Waals surface area contributed by atoms with Crippen LogP contribution in [0.4, 0.5) is 0 Å². The Morgan fingerprint density at radius 1 is 1.35 bits per heavy atom. The Bertz CT molecular complexity index is 683. The molecule has 0 amide bonds. The van der Waals surface area contributed by atoms with Crippen LogP contribution in [0.1, 0.15) is 6.23 Å². The first-order valence-corrected chi connectivity index (χ1v) is 7.18. The van der Waals surface area contributed by atoms with E-state index < -0.39 is 50.2 Å². The van der Waals surface area contributed by atoms with Crippen LogP contribution in [0, 0.1) is 0 Å². The topological polar surface area (TPSA) is 140 Å². The Kier molecular flexibility index (Phi) is 3.16. The number of aromatic nitrogens is 2. The number of hydrogen-bond donors (Lipinski definition) is 3. The molecule has 11 heteroatoms. The van der Waals surface area contributed by atoms with E-state index in [0.29, 0.717) is 0 Å². The number of nitrogens with one attached hydrogen (secondary N) is 1. The maximum atomic E-state index is 11.7. The molecule has 10 nitrogen and oxygen atoms in total. The lowest BCUT2D eigenvalue weighted by Crippen LogP contribution is -2.36. The second kappa shape index (κ2) is 4.62. The van der Waals surface area contributed by atoms with E-state index in [9.17, 15) is 24.2 Å². The minimum Gasteiger partial charge on any atom is -0.394 e. The van der Waals surface area contributed by atoms with Gasteiger partial charge in [-0.1, -0.05) is 0 Å². The number of phosphoric ester groups is 1. The van der Waals surface area contributed by atoms with Gasteiger partial charge in [0, 0.05) is 12.3 Å². The summed E-state index contributed by atoms with van der Waals surface area (Å²) in [7, 11) is -4.23. The van der Waals surface area contributed by atoms with Crippen molar-refractivity contribution < 1.29 is 28.3 Å². The van der Waals surface area contributed by atoms with Crippen LogP contribution in [0.5, 0.6) is 0 Å². The van der Waals surface area contributed by atoms with Crippen LogP contribution >= 0.6 is 7.82 Å². The highest BCUT2D eigenvalue weighted by Crippen LogP contribution is 2.58. The van der Waals surface area contributed by atoms with Crippen molar-refractivity contribution in [2.75, 3.05) is 6.61 Å². The molecule has 110 valence electrons. The SMILES string of the molecule is O=c1ccn([C@@H]2O[C@H](CO)[C@H]3OP(=O)(O)O[C@H]32)c(=O)[nH]1. The van der Waals surface area contributed by atoms with E-state index in [0.717, 1.165) is 10.6 Å². The monoisotopic (exact) mass is 306 g/mol. The molecule has 20 heavy (non-hydrogen) atoms. The van der Waals surface area contributed by atoms with Gasteiger partial charge in [-0.15, -0.1) is 0 Å². The molecule has 0 spiro atoms. The first-order valence-electron chi connectivity index (χ1n) is 5.69. The summed E-state index contributed by atoms with van der Waals surface area (Å²) >= 11 is 0. The lowest BCUT2D eigenvalue weighted by Gasteiger charge is -2.18. The van der Waals surface area contributed by atoms with Crippen LogP contribution in [0.25, 0.3) is 0 Å². The number of nitrogens with zero attached hydrogens (tertiary/aromatic N) is 1. The summed E-state index contributed by atoms with van der Waals surface area (Å²) in [5, 5.41) is 9.18. The van der Waals surface area contributed by atoms with Gasteiger partial charge >= 0.3 is 13.5 Å². The molecule has 1 unspecified atom stereocenters. The van der Waals surface area contributed by atoms with Crippen LogP contribution < -0.4 is 11.2 Å². The molecule has 0 saturated carbocycles. The zero-order chi connectivity index (χ0) is 14.5. The number of H-pyrrole nitrogens is 1. The van der Waals surface area contributed by atoms with E-state index in [1.165, 1.54) is 6.20 Å². The van der Waals surface area contributed by atoms with E-state index in [2.05, 4.69) is 0 Å². The molecular formula is C9H11N2O8P. The smallest absolute Gasteiger partial charge is 0.394 e. The van der Waals surface area contributed by atoms with Crippen LogP contribution in [0.15, 0.2) is 21.9 Å². The maximum absolute atomic E-state index is 11.7. The Morgan fingerprint density at radius 2 is 2.05 bits per heavy atom. The summed E-state index contributed by atoms with van der Waals surface area (Å²) in [5.41, 5.74) is -1.35. The third kappa shape index (κ3) is 2.16. The molecule has 2 aliphatic heterocycles. The third-order valence-corrected chi connectivity index (χ3v) is 4.12. The fraction of sp³-hybridized carbons (Fsp3) is 0.556. The number of hydrogen-bond acceptors (Lipinski definition) is 7. The van der Waals surface area contributed by atoms with Gasteiger partial charge < -0.3 is 14.7 Å². The van der Waals surface area contributed by atoms with Crippen molar-refractivity contribution >= 4 is 7.82 Å². The Morgan fingerprint density at radius 3 is 2.70 bits per heavy atom. The van der Waals surface area contributed by atoms with Crippen LogP contribution in [-0.4, -0.2) is 44.5 Å². The Labute approximate surface area is 111 Å². The molecule has 2 saturated heterocycles. The predicted octanol–water partition coefficient (Wildman–Crippen LogP) is -1.69. The third-order valence-electron chi connectivity index (χ3n) is 3.10. The minimum atomic E-state index is -4.23. The van der Waals surface area contributed by atoms with Gasteiger partial charge in [0.1, 0.15) is 18.3 Å². The molecule has 5 atom stereocenters. The lowest BCUT2D eigenvalue weighted by molar-refractivity contribution is -0.0624. The summed E-state index contributed by atoms with van der Waals surface area (Å²) < 4.78 is 27.5. The molecule has 0 aliphatic carbocycles. The van der Waals surface area contributed by atoms with Crippen LogP contribution in [-0.2, 0) is 18.3 Å². The molecule has 0 bridgehead atoms. The second-order valence-corrected chi connectivity index (χ2v) is 5.73. The summed E-state index contributed by atoms with van der Waals surface area (Å²) in [6.07, 6.45) is -2.82. The van der Waals surface area contributed by atoms with Gasteiger partial charge in [0.2, 0.25) is 0 Å². The van der Waals surface area contributed by atoms with Crippen molar-refractivity contribution in [2.45, 2.75) is 24.5 Å². The number of ether oxygens (including phenoxy) is 1. The number of aromatic amines is 1. The maximum Gasteiger partial charge on any atom is 0.473 e. The summed E-state index contributed by atoms with van der Waals surface area (Å²) in [6, 6.07) is 1.10. The highest BCUT2D eigenvalue weighted by atomic mass is 31.2. The molecule has 1 aromatic rings. The fourth-order valence-corrected chi connectivity index (χ4v) is 3.42. The van der Waals surface area contributed by atoms with Gasteiger partial charge in [-0.3, -0.25) is 23.4 Å². The predicted molar refractivity (Wildman–Crippen MR) is 61.9 cm³/mol. The fourth-order valence-electron chi connectivity index (χ4n) is 2.28. The summed E-state index contributed by atoms with van der Waals surface area (Å²) in [5.74, 6) is 0. The summed E-state index contributed by atoms with van der Waals surface area (Å²) in [4.78, 5) is 34.1. The average Bonchev–Trinajstić information content (AvgIpc) is 2.83. The van der Waals surface area contributed by atoms with Crippen LogP contribution in [0.2, 0.25) is 0 Å². The Hall–Kier alpha value is -1.29. The molecule has 3 heterocycles. The van der Waals surface area contributed by atoms with Crippen molar-refractivity contribution in [3.63, 3.8) is 0 Å². The van der Waals surface area contributed by atoms with Crippen LogP contribution in [0.3, 0.4) is 0 Å².